The molecule has 1 fully saturated rings. The van der Waals surface area contributed by atoms with E-state index >= 15 is 0 Å². The first kappa shape index (κ1) is 18.9. The number of amides is 1. The molecule has 2 N–H and O–H groups in total. The molecule has 2 rings (SSSR count). The van der Waals surface area contributed by atoms with E-state index in [0.717, 1.165) is 43.7 Å². The summed E-state index contributed by atoms with van der Waals surface area (Å²) < 4.78 is 0. The third-order valence-electron chi connectivity index (χ3n) is 4.06. The molecule has 1 aromatic carbocycles. The number of hydrogen-bond acceptors (Lipinski definition) is 3. The van der Waals surface area contributed by atoms with Crippen molar-refractivity contribution in [1.82, 2.24) is 10.2 Å². The van der Waals surface area contributed by atoms with E-state index in [9.17, 15) is 4.79 Å². The average Bonchev–Trinajstić information content (AvgIpc) is 2.95. The molecule has 124 valence electrons. The van der Waals surface area contributed by atoms with E-state index in [1.165, 1.54) is 5.56 Å². The third-order valence-corrected chi connectivity index (χ3v) is 4.06. The number of halogens is 1. The molecule has 0 radical (unpaired) electrons. The van der Waals surface area contributed by atoms with Gasteiger partial charge in [-0.05, 0) is 51.4 Å². The highest BCUT2D eigenvalue weighted by Gasteiger charge is 2.23. The molecule has 0 aliphatic carbocycles. The maximum absolute atomic E-state index is 12.3. The summed E-state index contributed by atoms with van der Waals surface area (Å²) in [5.74, 6) is 0.0855. The Balaban J connectivity index is 0.00000242. The molecule has 0 bridgehead atoms. The second kappa shape index (κ2) is 9.13. The Morgan fingerprint density at radius 2 is 2.18 bits per heavy atom. The highest BCUT2D eigenvalue weighted by Crippen LogP contribution is 2.16. The van der Waals surface area contributed by atoms with Gasteiger partial charge in [0.25, 0.3) is 0 Å². The van der Waals surface area contributed by atoms with Crippen LogP contribution < -0.4 is 10.6 Å². The van der Waals surface area contributed by atoms with Crippen molar-refractivity contribution >= 4 is 24.0 Å². The Morgan fingerprint density at radius 1 is 1.41 bits per heavy atom. The van der Waals surface area contributed by atoms with Gasteiger partial charge in [-0.1, -0.05) is 24.6 Å². The summed E-state index contributed by atoms with van der Waals surface area (Å²) in [6.45, 7) is 9.78. The summed E-state index contributed by atoms with van der Waals surface area (Å²) in [6.07, 6.45) is 2.21. The van der Waals surface area contributed by atoms with Crippen molar-refractivity contribution in [2.45, 2.75) is 39.7 Å². The second-order valence-electron chi connectivity index (χ2n) is 5.98. The predicted octanol–water partition coefficient (Wildman–Crippen LogP) is 2.74. The summed E-state index contributed by atoms with van der Waals surface area (Å²) in [7, 11) is 0. The highest BCUT2D eigenvalue weighted by molar-refractivity contribution is 5.93. The van der Waals surface area contributed by atoms with Gasteiger partial charge in [-0.3, -0.25) is 9.69 Å². The van der Waals surface area contributed by atoms with Crippen LogP contribution in [0.25, 0.3) is 0 Å². The van der Waals surface area contributed by atoms with Gasteiger partial charge in [-0.2, -0.15) is 0 Å². The number of benzene rings is 1. The molecule has 22 heavy (non-hydrogen) atoms. The molecule has 1 aliphatic rings. The smallest absolute Gasteiger partial charge is 0.238 e. The number of nitrogens with zero attached hydrogens (tertiary/aromatic N) is 1. The second-order valence-corrected chi connectivity index (χ2v) is 5.98. The topological polar surface area (TPSA) is 44.4 Å². The maximum Gasteiger partial charge on any atom is 0.238 e. The van der Waals surface area contributed by atoms with E-state index in [1.54, 1.807) is 0 Å². The zero-order valence-corrected chi connectivity index (χ0v) is 14.6. The van der Waals surface area contributed by atoms with Crippen LogP contribution >= 0.6 is 12.4 Å². The van der Waals surface area contributed by atoms with Gasteiger partial charge in [0.05, 0.1) is 6.54 Å². The summed E-state index contributed by atoms with van der Waals surface area (Å²) in [5.41, 5.74) is 3.26. The van der Waals surface area contributed by atoms with Crippen molar-refractivity contribution in [1.29, 1.82) is 0 Å². The third kappa shape index (κ3) is 5.27. The van der Waals surface area contributed by atoms with Gasteiger partial charge in [0.15, 0.2) is 0 Å². The van der Waals surface area contributed by atoms with Crippen LogP contribution in [0.3, 0.4) is 0 Å². The van der Waals surface area contributed by atoms with E-state index in [1.807, 2.05) is 19.1 Å². The number of nitrogens with one attached hydrogen (secondary N) is 2. The molecule has 1 amide bonds. The first-order valence-corrected chi connectivity index (χ1v) is 7.92. The molecule has 0 aromatic heterocycles. The molecule has 0 saturated carbocycles. The zero-order valence-electron chi connectivity index (χ0n) is 13.8. The Morgan fingerprint density at radius 3 is 2.77 bits per heavy atom. The number of anilines is 1. The summed E-state index contributed by atoms with van der Waals surface area (Å²) >= 11 is 0. The van der Waals surface area contributed by atoms with E-state index in [4.69, 9.17) is 0 Å². The summed E-state index contributed by atoms with van der Waals surface area (Å²) in [6, 6.07) is 6.62. The number of carbonyl (C=O) groups excluding carboxylic acids is 1. The first-order chi connectivity index (χ1) is 10.1. The van der Waals surface area contributed by atoms with Crippen LogP contribution in [0.15, 0.2) is 18.2 Å². The number of hydrogen-bond donors (Lipinski definition) is 2. The molecule has 1 heterocycles. The standard InChI is InChI=1S/C17H27N3O.ClH/c1-4-9-20(15-7-8-18-11-15)12-17(21)19-16-6-5-13(2)10-14(16)3;/h5-6,10,15,18H,4,7-9,11-12H2,1-3H3,(H,19,21);1H. The van der Waals surface area contributed by atoms with E-state index in [0.29, 0.717) is 12.6 Å². The van der Waals surface area contributed by atoms with Crippen LogP contribution in [0.4, 0.5) is 5.69 Å². The quantitative estimate of drug-likeness (QED) is 0.845. The molecular formula is C17H28ClN3O. The van der Waals surface area contributed by atoms with Gasteiger partial charge in [0.1, 0.15) is 0 Å². The lowest BCUT2D eigenvalue weighted by Crippen LogP contribution is -2.42. The fraction of sp³-hybridized carbons (Fsp3) is 0.588. The lowest BCUT2D eigenvalue weighted by Gasteiger charge is -2.27. The Labute approximate surface area is 140 Å². The van der Waals surface area contributed by atoms with E-state index < -0.39 is 0 Å². The van der Waals surface area contributed by atoms with Crippen molar-refractivity contribution in [2.75, 3.05) is 31.5 Å². The molecule has 1 aliphatic heterocycles. The monoisotopic (exact) mass is 325 g/mol. The molecule has 0 spiro atoms. The van der Waals surface area contributed by atoms with E-state index in [-0.39, 0.29) is 18.3 Å². The minimum absolute atomic E-state index is 0. The molecule has 1 saturated heterocycles. The van der Waals surface area contributed by atoms with Crippen molar-refractivity contribution in [2.24, 2.45) is 0 Å². The lowest BCUT2D eigenvalue weighted by molar-refractivity contribution is -0.117. The molecule has 1 atom stereocenters. The molecule has 1 aromatic rings. The maximum atomic E-state index is 12.3. The fourth-order valence-electron chi connectivity index (χ4n) is 2.96. The van der Waals surface area contributed by atoms with Gasteiger partial charge >= 0.3 is 0 Å². The average molecular weight is 326 g/mol. The minimum Gasteiger partial charge on any atom is -0.325 e. The van der Waals surface area contributed by atoms with Crippen molar-refractivity contribution in [3.05, 3.63) is 29.3 Å². The number of aryl methyl sites for hydroxylation is 2. The van der Waals surface area contributed by atoms with Crippen LogP contribution in [-0.2, 0) is 4.79 Å². The van der Waals surface area contributed by atoms with Gasteiger partial charge in [-0.25, -0.2) is 0 Å². The van der Waals surface area contributed by atoms with Crippen molar-refractivity contribution < 1.29 is 4.79 Å². The van der Waals surface area contributed by atoms with Crippen molar-refractivity contribution in [3.8, 4) is 0 Å². The van der Waals surface area contributed by atoms with Crippen LogP contribution in [-0.4, -0.2) is 43.0 Å². The normalized spacial score (nSPS) is 17.4. The number of carbonyl (C=O) groups is 1. The van der Waals surface area contributed by atoms with Gasteiger partial charge in [0, 0.05) is 18.3 Å². The van der Waals surface area contributed by atoms with Crippen molar-refractivity contribution in [3.63, 3.8) is 0 Å². The van der Waals surface area contributed by atoms with Crippen LogP contribution in [0.5, 0.6) is 0 Å². The van der Waals surface area contributed by atoms with Crippen LogP contribution in [0.1, 0.15) is 30.9 Å². The summed E-state index contributed by atoms with van der Waals surface area (Å²) in [5, 5.41) is 6.42. The Bertz CT molecular complexity index is 487. The van der Waals surface area contributed by atoms with Gasteiger partial charge in [-0.15, -0.1) is 12.4 Å². The summed E-state index contributed by atoms with van der Waals surface area (Å²) in [4.78, 5) is 14.6. The Hall–Kier alpha value is -1.10. The molecule has 4 nitrogen and oxygen atoms in total. The minimum atomic E-state index is 0. The fourth-order valence-corrected chi connectivity index (χ4v) is 2.96. The largest absolute Gasteiger partial charge is 0.325 e. The zero-order chi connectivity index (χ0) is 15.2. The predicted molar refractivity (Wildman–Crippen MR) is 94.9 cm³/mol. The van der Waals surface area contributed by atoms with Crippen LogP contribution in [0.2, 0.25) is 0 Å². The molecular weight excluding hydrogens is 298 g/mol. The highest BCUT2D eigenvalue weighted by atomic mass is 35.5. The SMILES string of the molecule is CCCN(CC(=O)Nc1ccc(C)cc1C)C1CCNC1.Cl. The van der Waals surface area contributed by atoms with Gasteiger partial charge in [0.2, 0.25) is 5.91 Å². The Kier molecular flexibility index (Phi) is 7.87. The van der Waals surface area contributed by atoms with Gasteiger partial charge < -0.3 is 10.6 Å². The molecule has 1 unspecified atom stereocenters. The number of rotatable bonds is 6. The van der Waals surface area contributed by atoms with E-state index in [2.05, 4.69) is 35.4 Å². The first-order valence-electron chi connectivity index (χ1n) is 7.92. The lowest BCUT2D eigenvalue weighted by atomic mass is 10.1. The molecule has 5 heteroatoms. The van der Waals surface area contributed by atoms with Crippen LogP contribution in [0, 0.1) is 13.8 Å².